The fourth-order valence-electron chi connectivity index (χ4n) is 1.13. The van der Waals surface area contributed by atoms with Gasteiger partial charge in [0.25, 0.3) is 0 Å². The molecule has 0 fully saturated rings. The quantitative estimate of drug-likeness (QED) is 0.821. The van der Waals surface area contributed by atoms with Gasteiger partial charge < -0.3 is 9.52 Å². The third-order valence-electron chi connectivity index (χ3n) is 1.71. The molecule has 2 aromatic rings. The first-order chi connectivity index (χ1) is 6.18. The molecule has 0 bridgehead atoms. The van der Waals surface area contributed by atoms with Crippen LogP contribution in [0.25, 0.3) is 11.0 Å². The molecular weight excluding hydrogens is 283 g/mol. The molecule has 0 unspecified atom stereocenters. The molecule has 0 saturated carbocycles. The van der Waals surface area contributed by atoms with Crippen molar-refractivity contribution >= 4 is 39.5 Å². The molecule has 4 heteroatoms. The lowest BCUT2D eigenvalue weighted by molar-refractivity contribution is 0.0665. The standard InChI is InChI=1S/C9H5IO3/c10-6-3-1-2-5-4-7(9(11)12)13-8(5)6/h1-4H,(H,11,12). The third-order valence-corrected chi connectivity index (χ3v) is 2.56. The summed E-state index contributed by atoms with van der Waals surface area (Å²) in [7, 11) is 0. The van der Waals surface area contributed by atoms with Crippen LogP contribution in [-0.2, 0) is 0 Å². The number of para-hydroxylation sites is 1. The fourth-order valence-corrected chi connectivity index (χ4v) is 1.76. The third kappa shape index (κ3) is 1.41. The summed E-state index contributed by atoms with van der Waals surface area (Å²) >= 11 is 2.11. The Kier molecular flexibility index (Phi) is 1.99. The van der Waals surface area contributed by atoms with Crippen molar-refractivity contribution in [2.75, 3.05) is 0 Å². The van der Waals surface area contributed by atoms with Crippen LogP contribution < -0.4 is 0 Å². The zero-order valence-electron chi connectivity index (χ0n) is 6.45. The van der Waals surface area contributed by atoms with Crippen LogP contribution in [0.15, 0.2) is 28.7 Å². The van der Waals surface area contributed by atoms with Crippen molar-refractivity contribution in [3.8, 4) is 0 Å². The first-order valence-corrected chi connectivity index (χ1v) is 4.68. The zero-order valence-corrected chi connectivity index (χ0v) is 8.61. The number of carboxylic acid groups (broad SMARTS) is 1. The highest BCUT2D eigenvalue weighted by Crippen LogP contribution is 2.23. The number of aromatic carboxylic acids is 1. The lowest BCUT2D eigenvalue weighted by atomic mass is 10.2. The van der Waals surface area contributed by atoms with Crippen LogP contribution >= 0.6 is 22.6 Å². The van der Waals surface area contributed by atoms with E-state index in [1.165, 1.54) is 6.07 Å². The van der Waals surface area contributed by atoms with E-state index in [1.54, 1.807) is 0 Å². The Hall–Kier alpha value is -1.04. The average molecular weight is 288 g/mol. The van der Waals surface area contributed by atoms with Gasteiger partial charge in [-0.2, -0.15) is 0 Å². The highest BCUT2D eigenvalue weighted by molar-refractivity contribution is 14.1. The molecule has 0 aliphatic rings. The second kappa shape index (κ2) is 3.02. The van der Waals surface area contributed by atoms with Crippen LogP contribution in [0.4, 0.5) is 0 Å². The highest BCUT2D eigenvalue weighted by Gasteiger charge is 2.11. The number of hydrogen-bond donors (Lipinski definition) is 1. The van der Waals surface area contributed by atoms with Gasteiger partial charge in [-0.3, -0.25) is 0 Å². The number of halogens is 1. The monoisotopic (exact) mass is 288 g/mol. The molecule has 1 aromatic heterocycles. The minimum Gasteiger partial charge on any atom is -0.475 e. The molecule has 1 N–H and O–H groups in total. The number of fused-ring (bicyclic) bond motifs is 1. The Labute approximate surface area is 87.5 Å². The summed E-state index contributed by atoms with van der Waals surface area (Å²) in [6, 6.07) is 7.09. The van der Waals surface area contributed by atoms with E-state index in [-0.39, 0.29) is 5.76 Å². The van der Waals surface area contributed by atoms with E-state index < -0.39 is 5.97 Å². The van der Waals surface area contributed by atoms with Crippen molar-refractivity contribution < 1.29 is 14.3 Å². The predicted molar refractivity (Wildman–Crippen MR) is 55.9 cm³/mol. The van der Waals surface area contributed by atoms with E-state index in [4.69, 9.17) is 9.52 Å². The van der Waals surface area contributed by atoms with E-state index in [2.05, 4.69) is 22.6 Å². The van der Waals surface area contributed by atoms with Gasteiger partial charge in [-0.15, -0.1) is 0 Å². The molecule has 0 radical (unpaired) electrons. The van der Waals surface area contributed by atoms with Crippen LogP contribution in [0.3, 0.4) is 0 Å². The van der Waals surface area contributed by atoms with Crippen molar-refractivity contribution in [3.63, 3.8) is 0 Å². The molecule has 3 nitrogen and oxygen atoms in total. The van der Waals surface area contributed by atoms with Crippen LogP contribution in [-0.4, -0.2) is 11.1 Å². The lowest BCUT2D eigenvalue weighted by Crippen LogP contribution is -1.91. The molecular formula is C9H5IO3. The number of rotatable bonds is 1. The summed E-state index contributed by atoms with van der Waals surface area (Å²) in [5, 5.41) is 9.50. The number of carbonyl (C=O) groups is 1. The summed E-state index contributed by atoms with van der Waals surface area (Å²) in [6.45, 7) is 0. The molecule has 1 heterocycles. The van der Waals surface area contributed by atoms with Crippen LogP contribution in [0, 0.1) is 3.57 Å². The van der Waals surface area contributed by atoms with Crippen molar-refractivity contribution in [1.29, 1.82) is 0 Å². The molecule has 0 saturated heterocycles. The molecule has 0 amide bonds. The van der Waals surface area contributed by atoms with Crippen molar-refractivity contribution in [2.24, 2.45) is 0 Å². The molecule has 0 aliphatic heterocycles. The maximum absolute atomic E-state index is 10.6. The Morgan fingerprint density at radius 2 is 2.23 bits per heavy atom. The van der Waals surface area contributed by atoms with E-state index in [0.29, 0.717) is 5.58 Å². The summed E-state index contributed by atoms with van der Waals surface area (Å²) < 4.78 is 6.07. The van der Waals surface area contributed by atoms with Crippen molar-refractivity contribution in [2.45, 2.75) is 0 Å². The molecule has 0 aliphatic carbocycles. The lowest BCUT2D eigenvalue weighted by Gasteiger charge is -1.89. The van der Waals surface area contributed by atoms with E-state index in [1.807, 2.05) is 18.2 Å². The van der Waals surface area contributed by atoms with Crippen molar-refractivity contribution in [3.05, 3.63) is 33.6 Å². The number of hydrogen-bond acceptors (Lipinski definition) is 2. The maximum Gasteiger partial charge on any atom is 0.371 e. The van der Waals surface area contributed by atoms with Crippen molar-refractivity contribution in [1.82, 2.24) is 0 Å². The Balaban J connectivity index is 2.75. The first-order valence-electron chi connectivity index (χ1n) is 3.60. The second-order valence-electron chi connectivity index (χ2n) is 2.57. The molecule has 13 heavy (non-hydrogen) atoms. The molecule has 0 atom stereocenters. The summed E-state index contributed by atoms with van der Waals surface area (Å²) in [5.41, 5.74) is 0.639. The Morgan fingerprint density at radius 1 is 1.46 bits per heavy atom. The summed E-state index contributed by atoms with van der Waals surface area (Å²) in [5.74, 6) is -1.05. The van der Waals surface area contributed by atoms with Crippen LogP contribution in [0.1, 0.15) is 10.6 Å². The minimum absolute atomic E-state index is 0.0147. The SMILES string of the molecule is O=C(O)c1cc2cccc(I)c2o1. The molecule has 2 rings (SSSR count). The van der Waals surface area contributed by atoms with E-state index in [9.17, 15) is 4.79 Å². The normalized spacial score (nSPS) is 10.5. The topological polar surface area (TPSA) is 50.4 Å². The van der Waals surface area contributed by atoms with Gasteiger partial charge in [-0.05, 0) is 34.7 Å². The fraction of sp³-hybridized carbons (Fsp3) is 0. The highest BCUT2D eigenvalue weighted by atomic mass is 127. The maximum atomic E-state index is 10.6. The van der Waals surface area contributed by atoms with Gasteiger partial charge in [0.15, 0.2) is 0 Å². The van der Waals surface area contributed by atoms with Gasteiger partial charge in [0.05, 0.1) is 3.57 Å². The smallest absolute Gasteiger partial charge is 0.371 e. The Morgan fingerprint density at radius 3 is 2.85 bits per heavy atom. The molecule has 0 spiro atoms. The van der Waals surface area contributed by atoms with Gasteiger partial charge in [-0.25, -0.2) is 4.79 Å². The number of carboxylic acids is 1. The van der Waals surface area contributed by atoms with Crippen LogP contribution in [0.5, 0.6) is 0 Å². The Bertz CT molecular complexity index is 473. The average Bonchev–Trinajstić information content (AvgIpc) is 2.49. The first kappa shape index (κ1) is 8.55. The zero-order chi connectivity index (χ0) is 9.42. The summed E-state index contributed by atoms with van der Waals surface area (Å²) in [6.07, 6.45) is 0. The number of furan rings is 1. The molecule has 1 aromatic carbocycles. The van der Waals surface area contributed by atoms with Gasteiger partial charge >= 0.3 is 5.97 Å². The van der Waals surface area contributed by atoms with Gasteiger partial charge in [0.1, 0.15) is 5.58 Å². The molecule has 66 valence electrons. The van der Waals surface area contributed by atoms with Crippen LogP contribution in [0.2, 0.25) is 0 Å². The predicted octanol–water partition coefficient (Wildman–Crippen LogP) is 2.74. The number of benzene rings is 1. The largest absolute Gasteiger partial charge is 0.475 e. The van der Waals surface area contributed by atoms with Gasteiger partial charge in [-0.1, -0.05) is 12.1 Å². The van der Waals surface area contributed by atoms with Gasteiger partial charge in [0.2, 0.25) is 5.76 Å². The summed E-state index contributed by atoms with van der Waals surface area (Å²) in [4.78, 5) is 10.6. The van der Waals surface area contributed by atoms with E-state index in [0.717, 1.165) is 8.96 Å². The minimum atomic E-state index is -1.04. The van der Waals surface area contributed by atoms with E-state index >= 15 is 0 Å². The second-order valence-corrected chi connectivity index (χ2v) is 3.74. The van der Waals surface area contributed by atoms with Gasteiger partial charge in [0, 0.05) is 5.39 Å².